The van der Waals surface area contributed by atoms with Crippen LogP contribution in [0.15, 0.2) is 30.3 Å². The van der Waals surface area contributed by atoms with Crippen LogP contribution in [0.3, 0.4) is 0 Å². The first kappa shape index (κ1) is 22.7. The Bertz CT molecular complexity index is 867. The fourth-order valence-corrected chi connectivity index (χ4v) is 5.75. The molecular formula is C23H33FN2O4S. The van der Waals surface area contributed by atoms with E-state index in [1.165, 1.54) is 10.5 Å². The third-order valence-corrected chi connectivity index (χ3v) is 7.68. The van der Waals surface area contributed by atoms with Crippen molar-refractivity contribution in [1.29, 1.82) is 0 Å². The van der Waals surface area contributed by atoms with Crippen molar-refractivity contribution in [3.05, 3.63) is 35.9 Å². The summed E-state index contributed by atoms with van der Waals surface area (Å²) in [5.74, 6) is 0.530. The van der Waals surface area contributed by atoms with E-state index in [0.717, 1.165) is 31.9 Å². The summed E-state index contributed by atoms with van der Waals surface area (Å²) in [4.78, 5) is 14.0. The maximum absolute atomic E-state index is 14.3. The van der Waals surface area contributed by atoms with Crippen LogP contribution >= 0.6 is 0 Å². The highest BCUT2D eigenvalue weighted by atomic mass is 32.2. The number of nitrogens with one attached hydrogen (secondary N) is 1. The predicted molar refractivity (Wildman–Crippen MR) is 117 cm³/mol. The van der Waals surface area contributed by atoms with Gasteiger partial charge in [0.1, 0.15) is 0 Å². The van der Waals surface area contributed by atoms with Gasteiger partial charge in [-0.1, -0.05) is 30.3 Å². The molecule has 4 rings (SSSR count). The highest BCUT2D eigenvalue weighted by Gasteiger charge is 2.53. The van der Waals surface area contributed by atoms with Crippen molar-refractivity contribution < 1.29 is 22.3 Å². The molecule has 3 fully saturated rings. The summed E-state index contributed by atoms with van der Waals surface area (Å²) in [6.07, 6.45) is 6.02. The molecule has 1 aromatic rings. The lowest BCUT2D eigenvalue weighted by molar-refractivity contribution is -0.143. The number of hydrogen-bond acceptors (Lipinski definition) is 4. The molecule has 3 aliphatic rings. The number of benzene rings is 1. The van der Waals surface area contributed by atoms with Crippen molar-refractivity contribution in [2.75, 3.05) is 26.0 Å². The summed E-state index contributed by atoms with van der Waals surface area (Å²) in [5, 5.41) is 0. The van der Waals surface area contributed by atoms with E-state index >= 15 is 0 Å². The van der Waals surface area contributed by atoms with E-state index in [4.69, 9.17) is 4.74 Å². The van der Waals surface area contributed by atoms with E-state index in [1.54, 1.807) is 0 Å². The van der Waals surface area contributed by atoms with Crippen LogP contribution in [0.5, 0.6) is 0 Å². The van der Waals surface area contributed by atoms with E-state index in [0.29, 0.717) is 31.4 Å². The van der Waals surface area contributed by atoms with Crippen molar-refractivity contribution in [1.82, 2.24) is 9.62 Å². The van der Waals surface area contributed by atoms with Crippen molar-refractivity contribution in [2.24, 2.45) is 5.92 Å². The lowest BCUT2D eigenvalue weighted by Crippen LogP contribution is -2.57. The molecule has 2 aliphatic carbocycles. The van der Waals surface area contributed by atoms with Crippen LogP contribution in [-0.4, -0.2) is 63.0 Å². The second-order valence-electron chi connectivity index (χ2n) is 9.50. The normalized spacial score (nSPS) is 30.7. The molecule has 1 aromatic carbocycles. The molecule has 2 saturated carbocycles. The Labute approximate surface area is 184 Å². The maximum atomic E-state index is 14.3. The van der Waals surface area contributed by atoms with E-state index in [2.05, 4.69) is 29.0 Å². The van der Waals surface area contributed by atoms with Gasteiger partial charge in [-0.15, -0.1) is 0 Å². The quantitative estimate of drug-likeness (QED) is 0.690. The molecule has 1 N–H and O–H groups in total. The molecule has 1 heterocycles. The van der Waals surface area contributed by atoms with Gasteiger partial charge < -0.3 is 9.64 Å². The molecule has 2 atom stereocenters. The van der Waals surface area contributed by atoms with Gasteiger partial charge >= 0.3 is 0 Å². The monoisotopic (exact) mass is 452 g/mol. The minimum Gasteiger partial charge on any atom is -0.374 e. The zero-order chi connectivity index (χ0) is 22.1. The molecule has 8 heteroatoms. The van der Waals surface area contributed by atoms with Crippen molar-refractivity contribution in [2.45, 2.75) is 68.7 Å². The molecule has 1 amide bonds. The van der Waals surface area contributed by atoms with Gasteiger partial charge in [0, 0.05) is 19.7 Å². The van der Waals surface area contributed by atoms with Gasteiger partial charge in [0.2, 0.25) is 10.0 Å². The average molecular weight is 453 g/mol. The number of carbonyl (C=O) groups is 1. The molecule has 31 heavy (non-hydrogen) atoms. The number of amides is 1. The minimum absolute atomic E-state index is 0.233. The van der Waals surface area contributed by atoms with Gasteiger partial charge in [0.05, 0.1) is 18.4 Å². The molecule has 6 nitrogen and oxygen atoms in total. The first-order valence-electron chi connectivity index (χ1n) is 11.4. The Balaban J connectivity index is 1.33. The largest absolute Gasteiger partial charge is 0.374 e. The molecule has 0 bridgehead atoms. The standard InChI is InChI=1S/C23H33FN2O4S/c1-31(28,29)25-20-11-14-26(22(27)23(24)12-13-23)15-21(20)30-16-17-7-9-19(10-8-17)18-5-3-2-4-6-18/h2-6,17,19-21,25H,7-16H2,1H3/t17?,19?,20-,21+/m1/s1. The average Bonchev–Trinajstić information content (AvgIpc) is 3.51. The van der Waals surface area contributed by atoms with Crippen molar-refractivity contribution in [3.8, 4) is 0 Å². The Morgan fingerprint density at radius 2 is 1.84 bits per heavy atom. The number of carbonyl (C=O) groups excluding carboxylic acids is 1. The lowest BCUT2D eigenvalue weighted by atomic mass is 9.79. The van der Waals surface area contributed by atoms with E-state index in [9.17, 15) is 17.6 Å². The molecule has 0 radical (unpaired) electrons. The number of ether oxygens (including phenoxy) is 1. The van der Waals surface area contributed by atoms with Gasteiger partial charge in [-0.05, 0) is 62.3 Å². The second-order valence-corrected chi connectivity index (χ2v) is 11.3. The summed E-state index contributed by atoms with van der Waals surface area (Å²) >= 11 is 0. The zero-order valence-electron chi connectivity index (χ0n) is 18.1. The van der Waals surface area contributed by atoms with Gasteiger partial charge in [0.15, 0.2) is 5.67 Å². The van der Waals surface area contributed by atoms with Crippen LogP contribution in [0, 0.1) is 5.92 Å². The van der Waals surface area contributed by atoms with Gasteiger partial charge in [-0.2, -0.15) is 0 Å². The number of rotatable bonds is 7. The highest BCUT2D eigenvalue weighted by molar-refractivity contribution is 7.88. The van der Waals surface area contributed by atoms with Crippen LogP contribution in [0.4, 0.5) is 4.39 Å². The van der Waals surface area contributed by atoms with Crippen LogP contribution in [0.1, 0.15) is 56.4 Å². The van der Waals surface area contributed by atoms with Crippen LogP contribution < -0.4 is 4.72 Å². The van der Waals surface area contributed by atoms with Crippen LogP contribution in [-0.2, 0) is 19.6 Å². The zero-order valence-corrected chi connectivity index (χ0v) is 19.0. The molecule has 0 unspecified atom stereocenters. The first-order chi connectivity index (χ1) is 14.7. The molecule has 1 aliphatic heterocycles. The Kier molecular flexibility index (Phi) is 6.70. The fourth-order valence-electron chi connectivity index (χ4n) is 4.93. The van der Waals surface area contributed by atoms with Crippen molar-refractivity contribution in [3.63, 3.8) is 0 Å². The van der Waals surface area contributed by atoms with Crippen LogP contribution in [0.2, 0.25) is 0 Å². The number of sulfonamides is 1. The van der Waals surface area contributed by atoms with Crippen LogP contribution in [0.25, 0.3) is 0 Å². The molecule has 172 valence electrons. The Morgan fingerprint density at radius 1 is 1.16 bits per heavy atom. The highest BCUT2D eigenvalue weighted by Crippen LogP contribution is 2.42. The molecule has 0 aromatic heterocycles. The summed E-state index contributed by atoms with van der Waals surface area (Å²) in [5.41, 5.74) is -0.321. The summed E-state index contributed by atoms with van der Waals surface area (Å²) in [6.45, 7) is 1.12. The number of halogens is 1. The second kappa shape index (κ2) is 9.16. The number of hydrogen-bond donors (Lipinski definition) is 1. The third kappa shape index (κ3) is 5.84. The Hall–Kier alpha value is -1.51. The number of alkyl halides is 1. The first-order valence-corrected chi connectivity index (χ1v) is 13.2. The van der Waals surface area contributed by atoms with E-state index in [-0.39, 0.29) is 19.4 Å². The minimum atomic E-state index is -3.40. The van der Waals surface area contributed by atoms with Gasteiger partial charge in [0.25, 0.3) is 5.91 Å². The summed E-state index contributed by atoms with van der Waals surface area (Å²) in [7, 11) is -3.40. The van der Waals surface area contributed by atoms with E-state index < -0.39 is 33.7 Å². The molecular weight excluding hydrogens is 419 g/mol. The number of likely N-dealkylation sites (tertiary alicyclic amines) is 1. The SMILES string of the molecule is CS(=O)(=O)N[C@@H]1CCN(C(=O)C2(F)CC2)C[C@@H]1OCC1CCC(c2ccccc2)CC1. The van der Waals surface area contributed by atoms with Gasteiger partial charge in [-0.3, -0.25) is 4.79 Å². The van der Waals surface area contributed by atoms with Crippen molar-refractivity contribution >= 4 is 15.9 Å². The third-order valence-electron chi connectivity index (χ3n) is 6.95. The van der Waals surface area contributed by atoms with E-state index in [1.807, 2.05) is 6.07 Å². The summed E-state index contributed by atoms with van der Waals surface area (Å²) < 4.78 is 46.7. The van der Waals surface area contributed by atoms with Gasteiger partial charge in [-0.25, -0.2) is 17.5 Å². The smallest absolute Gasteiger partial charge is 0.260 e. The molecule has 1 saturated heterocycles. The molecule has 0 spiro atoms. The topological polar surface area (TPSA) is 75.7 Å². The lowest BCUT2D eigenvalue weighted by Gasteiger charge is -2.40. The predicted octanol–water partition coefficient (Wildman–Crippen LogP) is 3.00. The Morgan fingerprint density at radius 3 is 2.45 bits per heavy atom. The summed E-state index contributed by atoms with van der Waals surface area (Å²) in [6, 6.07) is 10.2. The fraction of sp³-hybridized carbons (Fsp3) is 0.696. The number of piperidine rings is 1. The number of nitrogens with zero attached hydrogens (tertiary/aromatic N) is 1. The maximum Gasteiger partial charge on any atom is 0.260 e.